The molecule has 0 spiro atoms. The van der Waals surface area contributed by atoms with E-state index in [1.165, 1.54) is 12.1 Å². The Kier molecular flexibility index (Phi) is 8.55. The Balaban J connectivity index is 0.000000517. The molecule has 12 heteroatoms. The highest BCUT2D eigenvalue weighted by atomic mass is 35.5. The molecule has 42 heavy (non-hydrogen) atoms. The van der Waals surface area contributed by atoms with E-state index in [1.54, 1.807) is 49.4 Å². The van der Waals surface area contributed by atoms with Gasteiger partial charge in [-0.1, -0.05) is 41.9 Å². The summed E-state index contributed by atoms with van der Waals surface area (Å²) in [7, 11) is 5.29. The zero-order chi connectivity index (χ0) is 30.8. The molecule has 0 amide bonds. The van der Waals surface area contributed by atoms with Gasteiger partial charge in [-0.25, -0.2) is 14.2 Å². The largest absolute Gasteiger partial charge is 0.490 e. The van der Waals surface area contributed by atoms with Crippen molar-refractivity contribution >= 4 is 28.5 Å². The molecule has 1 atom stereocenters. The van der Waals surface area contributed by atoms with E-state index in [4.69, 9.17) is 26.2 Å². The Morgan fingerprint density at radius 1 is 0.976 bits per heavy atom. The summed E-state index contributed by atoms with van der Waals surface area (Å²) in [5, 5.41) is 8.54. The lowest BCUT2D eigenvalue weighted by Crippen LogP contribution is -2.33. The van der Waals surface area contributed by atoms with Crippen LogP contribution in [0.4, 0.5) is 17.6 Å². The van der Waals surface area contributed by atoms with Crippen molar-refractivity contribution in [2.45, 2.75) is 11.8 Å². The van der Waals surface area contributed by atoms with Gasteiger partial charge in [0, 0.05) is 37.7 Å². The summed E-state index contributed by atoms with van der Waals surface area (Å²) in [6.07, 6.45) is -1.58. The molecular weight excluding hydrogens is 578 g/mol. The lowest BCUT2D eigenvalue weighted by atomic mass is 9.82. The number of carboxylic acid groups (broad SMARTS) is 1. The average molecular weight is 602 g/mol. The van der Waals surface area contributed by atoms with Gasteiger partial charge in [0.05, 0.1) is 23.7 Å². The van der Waals surface area contributed by atoms with Crippen LogP contribution >= 0.6 is 11.6 Å². The van der Waals surface area contributed by atoms with Crippen LogP contribution in [0.1, 0.15) is 16.8 Å². The van der Waals surface area contributed by atoms with Gasteiger partial charge in [0.2, 0.25) is 0 Å². The van der Waals surface area contributed by atoms with Gasteiger partial charge >= 0.3 is 12.1 Å². The normalized spacial score (nSPS) is 12.9. The van der Waals surface area contributed by atoms with E-state index >= 15 is 0 Å². The van der Waals surface area contributed by atoms with Gasteiger partial charge in [-0.2, -0.15) is 13.2 Å². The molecule has 0 bridgehead atoms. The van der Waals surface area contributed by atoms with Crippen molar-refractivity contribution in [1.29, 1.82) is 0 Å². The van der Waals surface area contributed by atoms with E-state index in [0.717, 1.165) is 27.7 Å². The first-order valence-corrected chi connectivity index (χ1v) is 12.7. The second kappa shape index (κ2) is 11.8. The van der Waals surface area contributed by atoms with E-state index in [-0.39, 0.29) is 11.4 Å². The number of aromatic nitrogens is 3. The number of imidazole rings is 1. The third kappa shape index (κ3) is 5.79. The van der Waals surface area contributed by atoms with Gasteiger partial charge in [0.1, 0.15) is 5.82 Å². The lowest BCUT2D eigenvalue weighted by Gasteiger charge is -2.34. The Morgan fingerprint density at radius 3 is 2.17 bits per heavy atom. The van der Waals surface area contributed by atoms with Gasteiger partial charge in [-0.05, 0) is 58.7 Å². The maximum atomic E-state index is 14.1. The van der Waals surface area contributed by atoms with Crippen LogP contribution in [0.2, 0.25) is 5.02 Å². The van der Waals surface area contributed by atoms with Crippen molar-refractivity contribution in [3.05, 3.63) is 123 Å². The molecule has 1 N–H and O–H groups in total. The molecular formula is C30H24ClF4N3O4. The molecule has 0 aliphatic rings. The van der Waals surface area contributed by atoms with Gasteiger partial charge in [-0.3, -0.25) is 4.79 Å². The fourth-order valence-corrected chi connectivity index (χ4v) is 4.88. The highest BCUT2D eigenvalue weighted by molar-refractivity contribution is 6.30. The van der Waals surface area contributed by atoms with Crippen molar-refractivity contribution in [2.24, 2.45) is 14.1 Å². The third-order valence-electron chi connectivity index (χ3n) is 6.77. The van der Waals surface area contributed by atoms with Crippen molar-refractivity contribution in [3.63, 3.8) is 0 Å². The van der Waals surface area contributed by atoms with E-state index in [0.29, 0.717) is 16.1 Å². The smallest absolute Gasteiger partial charge is 0.475 e. The Labute approximate surface area is 242 Å². The SMILES string of the molecule is COC(c1ccc(Cl)cc1)(c1ccc2c(c1)c(-c1cccc(F)c1)cc(=O)n2C)c1cncn1C.O=C(O)C(F)(F)F. The molecule has 5 aromatic rings. The molecule has 3 aromatic carbocycles. The molecule has 1 unspecified atom stereocenters. The number of methoxy groups -OCH3 is 1. The number of carbonyl (C=O) groups is 1. The van der Waals surface area contributed by atoms with Crippen LogP contribution in [0.5, 0.6) is 0 Å². The van der Waals surface area contributed by atoms with Crippen LogP contribution in [0, 0.1) is 5.82 Å². The van der Waals surface area contributed by atoms with Crippen molar-refractivity contribution in [1.82, 2.24) is 14.1 Å². The number of ether oxygens (including phenoxy) is 1. The van der Waals surface area contributed by atoms with E-state index < -0.39 is 17.7 Å². The number of alkyl halides is 3. The maximum absolute atomic E-state index is 14.1. The van der Waals surface area contributed by atoms with Gasteiger partial charge < -0.3 is 19.0 Å². The second-order valence-electron chi connectivity index (χ2n) is 9.28. The van der Waals surface area contributed by atoms with Crippen molar-refractivity contribution < 1.29 is 32.2 Å². The standard InChI is InChI=1S/C28H23ClFN3O2.C2HF3O2/c1-32-17-31-16-26(32)28(35-3,19-7-10-21(29)11-8-19)20-9-12-25-24(14-20)23(15-27(34)33(25)2)18-5-4-6-22(30)13-18;3-2(4,5)1(6)7/h4-17H,1-3H3;(H,6,7). The molecule has 5 rings (SSSR count). The Morgan fingerprint density at radius 2 is 1.62 bits per heavy atom. The minimum atomic E-state index is -5.08. The zero-order valence-corrected chi connectivity index (χ0v) is 23.2. The highest BCUT2D eigenvalue weighted by Crippen LogP contribution is 2.42. The quantitative estimate of drug-likeness (QED) is 0.239. The summed E-state index contributed by atoms with van der Waals surface area (Å²) >= 11 is 6.20. The van der Waals surface area contributed by atoms with E-state index in [1.807, 2.05) is 54.1 Å². The summed E-state index contributed by atoms with van der Waals surface area (Å²) in [5.41, 5.74) is 3.32. The minimum absolute atomic E-state index is 0.174. The molecule has 0 radical (unpaired) electrons. The first-order chi connectivity index (χ1) is 19.8. The summed E-state index contributed by atoms with van der Waals surface area (Å²) in [6.45, 7) is 0. The third-order valence-corrected chi connectivity index (χ3v) is 7.02. The fraction of sp³-hybridized carbons (Fsp3) is 0.167. The van der Waals surface area contributed by atoms with Gasteiger partial charge in [0.15, 0.2) is 5.60 Å². The summed E-state index contributed by atoms with van der Waals surface area (Å²) in [6, 6.07) is 21.2. The average Bonchev–Trinajstić information content (AvgIpc) is 3.38. The van der Waals surface area contributed by atoms with Crippen molar-refractivity contribution in [2.75, 3.05) is 7.11 Å². The lowest BCUT2D eigenvalue weighted by molar-refractivity contribution is -0.192. The zero-order valence-electron chi connectivity index (χ0n) is 22.5. The number of hydrogen-bond acceptors (Lipinski definition) is 4. The van der Waals surface area contributed by atoms with Gasteiger partial charge in [0.25, 0.3) is 5.56 Å². The Bertz CT molecular complexity index is 1820. The van der Waals surface area contributed by atoms with Gasteiger partial charge in [-0.15, -0.1) is 0 Å². The number of nitrogens with zero attached hydrogens (tertiary/aromatic N) is 3. The highest BCUT2D eigenvalue weighted by Gasteiger charge is 2.40. The minimum Gasteiger partial charge on any atom is -0.475 e. The molecule has 0 saturated carbocycles. The van der Waals surface area contributed by atoms with E-state index in [2.05, 4.69) is 4.98 Å². The molecule has 0 aliphatic heterocycles. The van der Waals surface area contributed by atoms with Crippen LogP contribution in [0.3, 0.4) is 0 Å². The van der Waals surface area contributed by atoms with Crippen LogP contribution in [0.15, 0.2) is 90.1 Å². The molecule has 2 heterocycles. The number of aryl methyl sites for hydroxylation is 2. The van der Waals surface area contributed by atoms with Crippen molar-refractivity contribution in [3.8, 4) is 11.1 Å². The van der Waals surface area contributed by atoms with Crippen LogP contribution in [0.25, 0.3) is 22.0 Å². The molecule has 7 nitrogen and oxygen atoms in total. The van der Waals surface area contributed by atoms with E-state index in [9.17, 15) is 22.4 Å². The molecule has 0 fully saturated rings. The van der Waals surface area contributed by atoms with Crippen LogP contribution in [-0.4, -0.2) is 38.5 Å². The number of aliphatic carboxylic acids is 1. The first kappa shape index (κ1) is 30.5. The number of carboxylic acids is 1. The molecule has 0 saturated heterocycles. The number of pyridine rings is 1. The first-order valence-electron chi connectivity index (χ1n) is 12.3. The molecule has 0 aliphatic carbocycles. The summed E-state index contributed by atoms with van der Waals surface area (Å²) < 4.78 is 55.7. The number of rotatable bonds is 5. The summed E-state index contributed by atoms with van der Waals surface area (Å²) in [5.74, 6) is -3.12. The van der Waals surface area contributed by atoms with Crippen LogP contribution < -0.4 is 5.56 Å². The molecule has 218 valence electrons. The topological polar surface area (TPSA) is 86.4 Å². The summed E-state index contributed by atoms with van der Waals surface area (Å²) in [4.78, 5) is 26.0. The predicted molar refractivity (Wildman–Crippen MR) is 150 cm³/mol. The number of fused-ring (bicyclic) bond motifs is 1. The molecule has 2 aromatic heterocycles. The number of benzene rings is 3. The number of hydrogen-bond donors (Lipinski definition) is 1. The van der Waals surface area contributed by atoms with Crippen LogP contribution in [-0.2, 0) is 29.2 Å². The monoisotopic (exact) mass is 601 g/mol. The number of halogens is 5. The second-order valence-corrected chi connectivity index (χ2v) is 9.72. The maximum Gasteiger partial charge on any atom is 0.490 e. The fourth-order valence-electron chi connectivity index (χ4n) is 4.76. The Hall–Kier alpha value is -4.48. The predicted octanol–water partition coefficient (Wildman–Crippen LogP) is 6.30.